The molecule has 10 heteroatoms. The minimum Gasteiger partial charge on any atom is -0.481 e. The van der Waals surface area contributed by atoms with Crippen LogP contribution in [0, 0.1) is 0 Å². The Balaban J connectivity index is 0. The molecule has 30 heavy (non-hydrogen) atoms. The van der Waals surface area contributed by atoms with Gasteiger partial charge < -0.3 is 10.2 Å². The van der Waals surface area contributed by atoms with Crippen LogP contribution in [0.4, 0.5) is 0 Å². The predicted molar refractivity (Wildman–Crippen MR) is 117 cm³/mol. The molecule has 0 fully saturated rings. The molecule has 0 aromatic rings. The molecule has 0 rings (SSSR count). The molecule has 0 spiro atoms. The molecule has 0 amide bonds. The molecule has 0 saturated carbocycles. The van der Waals surface area contributed by atoms with Gasteiger partial charge in [0, 0.05) is 0 Å². The number of carbonyl (C=O) groups is 2. The molecule has 0 aliphatic carbocycles. The third-order valence-corrected chi connectivity index (χ3v) is 6.05. The van der Waals surface area contributed by atoms with Crippen LogP contribution in [0.5, 0.6) is 0 Å². The normalized spacial score (nSPS) is 13.2. The molecule has 0 aliphatic heterocycles. The first-order chi connectivity index (χ1) is 14.0. The van der Waals surface area contributed by atoms with Gasteiger partial charge in [-0.15, -0.1) is 0 Å². The average Bonchev–Trinajstić information content (AvgIpc) is 2.62. The predicted octanol–water partition coefficient (Wildman–Crippen LogP) is 4.02. The number of unbranched alkanes of at least 4 members (excludes halogenated alkanes) is 11. The van der Waals surface area contributed by atoms with E-state index < -0.39 is 33.7 Å². The Labute approximate surface area is 215 Å². The Kier molecular flexibility index (Phi) is 23.2. The molecule has 0 aromatic carbocycles. The van der Waals surface area contributed by atoms with E-state index in [-0.39, 0.29) is 0 Å². The third-order valence-electron chi connectivity index (χ3n) is 4.44. The second kappa shape index (κ2) is 21.3. The van der Waals surface area contributed by atoms with Gasteiger partial charge in [-0.3, -0.25) is 14.1 Å². The van der Waals surface area contributed by atoms with Crippen LogP contribution in [-0.2, 0) is 24.4 Å². The summed E-state index contributed by atoms with van der Waals surface area (Å²) in [5.41, 5.74) is 0. The van der Waals surface area contributed by atoms with Crippen molar-refractivity contribution in [3.05, 3.63) is 0 Å². The molecule has 2 unspecified atom stereocenters. The molecule has 0 aromatic heterocycles. The fourth-order valence-corrected chi connectivity index (χ4v) is 3.72. The van der Waals surface area contributed by atoms with Crippen molar-refractivity contribution < 1.29 is 37.5 Å². The largest absolute Gasteiger partial charge is 0.481 e. The zero-order valence-electron chi connectivity index (χ0n) is 18.8. The van der Waals surface area contributed by atoms with Crippen molar-refractivity contribution in [1.82, 2.24) is 0 Å². The van der Waals surface area contributed by atoms with Crippen LogP contribution >= 0.6 is 0 Å². The van der Waals surface area contributed by atoms with Crippen molar-refractivity contribution in [3.8, 4) is 0 Å². The van der Waals surface area contributed by atoms with Crippen LogP contribution in [0.15, 0.2) is 0 Å². The molecule has 0 saturated heterocycles. The molecular weight excluding hydrogens is 439 g/mol. The van der Waals surface area contributed by atoms with Crippen molar-refractivity contribution in [3.63, 3.8) is 0 Å². The Morgan fingerprint density at radius 2 is 1.27 bits per heavy atom. The second-order valence-corrected chi connectivity index (χ2v) is 11.9. The minimum atomic E-state index is -4.84. The average molecular weight is 479 g/mol. The minimum absolute atomic E-state index is 0.588. The summed E-state index contributed by atoms with van der Waals surface area (Å²) in [6.45, 7) is 5.48. The van der Waals surface area contributed by atoms with E-state index in [0.717, 1.165) is 55.6 Å². The van der Waals surface area contributed by atoms with E-state index in [1.54, 1.807) is 0 Å². The van der Waals surface area contributed by atoms with Crippen molar-refractivity contribution in [2.75, 3.05) is 6.61 Å². The molecule has 0 radical (unpaired) electrons. The Hall–Kier alpha value is 0.446. The summed E-state index contributed by atoms with van der Waals surface area (Å²) in [5, 5.41) is 13.9. The fraction of sp³-hybridized carbons (Fsp3) is 0.900. The van der Waals surface area contributed by atoms with Crippen LogP contribution in [0.1, 0.15) is 97.3 Å². The maximum atomic E-state index is 10.2. The zero-order valence-corrected chi connectivity index (χ0v) is 22.8. The van der Waals surface area contributed by atoms with E-state index in [4.69, 9.17) is 19.5 Å². The summed E-state index contributed by atoms with van der Waals surface area (Å²) >= 11 is 0.837. The summed E-state index contributed by atoms with van der Waals surface area (Å²) in [5.74, 6) is -3.50. The number of carboxylic acids is 2. The number of hydrogen-bond donors (Lipinski definition) is 3. The summed E-state index contributed by atoms with van der Waals surface area (Å²) in [6, 6.07) is 0. The topological polar surface area (TPSA) is 138 Å². The van der Waals surface area contributed by atoms with E-state index in [1.807, 2.05) is 0 Å². The number of aliphatic carboxylic acids is 2. The van der Waals surface area contributed by atoms with E-state index in [9.17, 15) is 18.0 Å². The van der Waals surface area contributed by atoms with E-state index in [2.05, 4.69) is 13.8 Å². The Morgan fingerprint density at radius 3 is 1.53 bits per heavy atom. The van der Waals surface area contributed by atoms with Crippen molar-refractivity contribution in [2.24, 2.45) is 0 Å². The van der Waals surface area contributed by atoms with Crippen LogP contribution in [-0.4, -0.2) is 96.1 Å². The summed E-state index contributed by atoms with van der Waals surface area (Å²) in [4.78, 5) is 20.0. The summed E-state index contributed by atoms with van der Waals surface area (Å²) in [6.07, 6.45) is 15.9. The van der Waals surface area contributed by atoms with Crippen molar-refractivity contribution in [1.29, 1.82) is 0 Å². The molecule has 0 heterocycles. The molecule has 0 bridgehead atoms. The van der Waals surface area contributed by atoms with E-state index in [1.165, 1.54) is 77.0 Å². The monoisotopic (exact) mass is 478 g/mol. The number of ether oxygens (including phenoxy) is 1. The smallest absolute Gasteiger partial charge is 0.325 e. The van der Waals surface area contributed by atoms with Gasteiger partial charge in [-0.2, -0.15) is 8.42 Å². The second-order valence-electron chi connectivity index (χ2n) is 7.75. The van der Waals surface area contributed by atoms with Crippen molar-refractivity contribution in [2.45, 2.75) is 103 Å². The fourth-order valence-electron chi connectivity index (χ4n) is 2.74. The number of hydrogen-bond acceptors (Lipinski definition) is 5. The number of carboxylic acid groups (broad SMARTS) is 2. The van der Waals surface area contributed by atoms with Gasteiger partial charge in [-0.1, -0.05) is 26.2 Å². The van der Waals surface area contributed by atoms with Crippen molar-refractivity contribution >= 4 is 71.0 Å². The third kappa shape index (κ3) is 24.7. The molecule has 8 nitrogen and oxygen atoms in total. The van der Waals surface area contributed by atoms with Crippen LogP contribution < -0.4 is 0 Å². The molecular formula is C20H39KO8S. The van der Waals surface area contributed by atoms with Gasteiger partial charge in [0.2, 0.25) is 0 Å². The molecule has 0 aliphatic rings. The quantitative estimate of drug-likeness (QED) is 0.152. The SMILES string of the molecule is CCCCCCCCCCCCCCO[CH](C)[K].O=C(O)CC(C(=O)O)S(=O)(=O)O. The molecule has 174 valence electrons. The first-order valence-electron chi connectivity index (χ1n) is 11.0. The van der Waals surface area contributed by atoms with Gasteiger partial charge in [0.25, 0.3) is 10.1 Å². The van der Waals surface area contributed by atoms with Gasteiger partial charge in [0.05, 0.1) is 6.42 Å². The van der Waals surface area contributed by atoms with Gasteiger partial charge >= 0.3 is 137 Å². The van der Waals surface area contributed by atoms with Gasteiger partial charge in [0.1, 0.15) is 0 Å². The Morgan fingerprint density at radius 1 is 0.867 bits per heavy atom. The summed E-state index contributed by atoms with van der Waals surface area (Å²) in [7, 11) is -4.84. The standard InChI is InChI=1S/C16H33O.C4H6O7S.K/c1-3-5-6-7-8-9-10-11-12-13-14-15-16-17-4-2;5-3(6)1-2(4(7)8)12(9,10)11;/h4H,3,5-16H2,1-2H3;2H,1H2,(H,5,6)(H,7,8)(H,9,10,11);. The van der Waals surface area contributed by atoms with Crippen LogP contribution in [0.25, 0.3) is 0 Å². The van der Waals surface area contributed by atoms with Crippen LogP contribution in [0.2, 0.25) is 0 Å². The Bertz CT molecular complexity index is 537. The first-order valence-corrected chi connectivity index (χ1v) is 14.4. The molecule has 3 N–H and O–H groups in total. The van der Waals surface area contributed by atoms with Gasteiger partial charge in [0.15, 0.2) is 5.25 Å². The van der Waals surface area contributed by atoms with Gasteiger partial charge in [-0.25, -0.2) is 0 Å². The zero-order chi connectivity index (χ0) is 23.4. The van der Waals surface area contributed by atoms with Gasteiger partial charge in [-0.05, 0) is 0 Å². The van der Waals surface area contributed by atoms with E-state index in [0.29, 0.717) is 0.199 Å². The number of rotatable bonds is 18. The van der Waals surface area contributed by atoms with Crippen LogP contribution in [0.3, 0.4) is 0 Å². The molecule has 2 atom stereocenters. The summed E-state index contributed by atoms with van der Waals surface area (Å²) < 4.78 is 34.9. The maximum Gasteiger partial charge on any atom is 0.325 e. The van der Waals surface area contributed by atoms with E-state index >= 15 is 0 Å². The maximum absolute atomic E-state index is 10.2. The first kappa shape index (κ1) is 32.6.